The number of amides is 1. The van der Waals surface area contributed by atoms with Crippen molar-refractivity contribution in [3.8, 4) is 0 Å². The second-order valence-corrected chi connectivity index (χ2v) is 7.79. The van der Waals surface area contributed by atoms with E-state index >= 15 is 0 Å². The smallest absolute Gasteiger partial charge is 0.271 e. The number of benzene rings is 3. The number of hydrogen-bond acceptors (Lipinski definition) is 4. The highest BCUT2D eigenvalue weighted by molar-refractivity contribution is 7.92. The fourth-order valence-corrected chi connectivity index (χ4v) is 3.47. The molecule has 0 saturated heterocycles. The second kappa shape index (κ2) is 8.49. The van der Waals surface area contributed by atoms with Gasteiger partial charge in [0.25, 0.3) is 15.9 Å². The quantitative estimate of drug-likeness (QED) is 0.496. The van der Waals surface area contributed by atoms with Gasteiger partial charge in [0.1, 0.15) is 0 Å². The Morgan fingerprint density at radius 1 is 0.893 bits per heavy atom. The van der Waals surface area contributed by atoms with Gasteiger partial charge in [-0.1, -0.05) is 48.0 Å². The third-order valence-corrected chi connectivity index (χ3v) is 5.31. The van der Waals surface area contributed by atoms with Crippen molar-refractivity contribution in [2.45, 2.75) is 11.8 Å². The van der Waals surface area contributed by atoms with E-state index in [9.17, 15) is 13.2 Å². The van der Waals surface area contributed by atoms with Crippen LogP contribution < -0.4 is 10.1 Å². The van der Waals surface area contributed by atoms with Crippen molar-refractivity contribution in [1.82, 2.24) is 5.43 Å². The molecule has 2 N–H and O–H groups in total. The Hall–Kier alpha value is -3.45. The highest BCUT2D eigenvalue weighted by atomic mass is 32.2. The summed E-state index contributed by atoms with van der Waals surface area (Å²) < 4.78 is 27.1. The zero-order valence-electron chi connectivity index (χ0n) is 15.2. The molecule has 3 aromatic rings. The highest BCUT2D eigenvalue weighted by Crippen LogP contribution is 2.16. The van der Waals surface area contributed by atoms with Crippen LogP contribution in [0.5, 0.6) is 0 Å². The van der Waals surface area contributed by atoms with E-state index < -0.39 is 10.0 Å². The predicted octanol–water partition coefficient (Wildman–Crippen LogP) is 3.56. The lowest BCUT2D eigenvalue weighted by Crippen LogP contribution is -2.18. The molecule has 6 nitrogen and oxygen atoms in total. The monoisotopic (exact) mass is 393 g/mol. The van der Waals surface area contributed by atoms with Crippen molar-refractivity contribution in [2.24, 2.45) is 5.10 Å². The number of rotatable bonds is 6. The van der Waals surface area contributed by atoms with Gasteiger partial charge >= 0.3 is 0 Å². The highest BCUT2D eigenvalue weighted by Gasteiger charge is 2.13. The molecule has 0 aromatic heterocycles. The number of sulfonamides is 1. The number of nitrogens with zero attached hydrogens (tertiary/aromatic N) is 1. The van der Waals surface area contributed by atoms with Gasteiger partial charge in [-0.15, -0.1) is 0 Å². The molecule has 0 radical (unpaired) electrons. The normalized spacial score (nSPS) is 11.3. The molecule has 0 fully saturated rings. The molecule has 0 saturated carbocycles. The number of anilines is 1. The van der Waals surface area contributed by atoms with Crippen molar-refractivity contribution in [3.63, 3.8) is 0 Å². The summed E-state index contributed by atoms with van der Waals surface area (Å²) in [5.74, 6) is -0.388. The molecular weight excluding hydrogens is 374 g/mol. The summed E-state index contributed by atoms with van der Waals surface area (Å²) in [4.78, 5) is 12.3. The molecule has 0 unspecified atom stereocenters. The molecule has 0 atom stereocenters. The molecule has 3 rings (SSSR count). The van der Waals surface area contributed by atoms with Crippen LogP contribution in [-0.2, 0) is 10.0 Å². The minimum absolute atomic E-state index is 0.169. The first-order chi connectivity index (χ1) is 13.4. The minimum atomic E-state index is -3.67. The largest absolute Gasteiger partial charge is 0.280 e. The third kappa shape index (κ3) is 5.05. The minimum Gasteiger partial charge on any atom is -0.280 e. The number of carbonyl (C=O) groups is 1. The van der Waals surface area contributed by atoms with Gasteiger partial charge in [0.05, 0.1) is 11.1 Å². The van der Waals surface area contributed by atoms with Crippen LogP contribution in [0.1, 0.15) is 21.5 Å². The first-order valence-electron chi connectivity index (χ1n) is 8.52. The fourth-order valence-electron chi connectivity index (χ4n) is 2.39. The van der Waals surface area contributed by atoms with E-state index in [0.29, 0.717) is 11.3 Å². The summed E-state index contributed by atoms with van der Waals surface area (Å²) in [6, 6.07) is 21.9. The van der Waals surface area contributed by atoms with Gasteiger partial charge in [-0.25, -0.2) is 13.8 Å². The second-order valence-electron chi connectivity index (χ2n) is 6.11. The van der Waals surface area contributed by atoms with Crippen molar-refractivity contribution in [2.75, 3.05) is 4.72 Å². The Morgan fingerprint density at radius 2 is 1.54 bits per heavy atom. The molecule has 0 aliphatic heterocycles. The third-order valence-electron chi connectivity index (χ3n) is 3.91. The van der Waals surface area contributed by atoms with E-state index in [2.05, 4.69) is 15.2 Å². The lowest BCUT2D eigenvalue weighted by Gasteiger charge is -2.08. The van der Waals surface area contributed by atoms with Crippen molar-refractivity contribution < 1.29 is 13.2 Å². The lowest BCUT2D eigenvalue weighted by atomic mass is 10.2. The summed E-state index contributed by atoms with van der Waals surface area (Å²) in [5.41, 5.74) is 5.19. The summed E-state index contributed by atoms with van der Waals surface area (Å²) in [5, 5.41) is 3.93. The van der Waals surface area contributed by atoms with Crippen LogP contribution in [0.3, 0.4) is 0 Å². The first kappa shape index (κ1) is 19.3. The van der Waals surface area contributed by atoms with Gasteiger partial charge < -0.3 is 0 Å². The first-order valence-corrected chi connectivity index (χ1v) is 10.0. The zero-order valence-corrected chi connectivity index (χ0v) is 16.0. The number of carbonyl (C=O) groups excluding carboxylic acids is 1. The average molecular weight is 393 g/mol. The maximum Gasteiger partial charge on any atom is 0.271 e. The molecule has 0 spiro atoms. The molecule has 0 bridgehead atoms. The molecule has 1 amide bonds. The summed E-state index contributed by atoms with van der Waals surface area (Å²) in [7, 11) is -3.67. The number of aryl methyl sites for hydroxylation is 1. The number of nitrogens with one attached hydrogen (secondary N) is 2. The lowest BCUT2D eigenvalue weighted by molar-refractivity contribution is 0.0955. The molecule has 7 heteroatoms. The van der Waals surface area contributed by atoms with E-state index in [1.54, 1.807) is 24.4 Å². The van der Waals surface area contributed by atoms with E-state index in [-0.39, 0.29) is 10.8 Å². The Kier molecular flexibility index (Phi) is 5.86. The SMILES string of the molecule is Cc1ccc(/C=N\NC(=O)c2ccc(NS(=O)(=O)c3ccccc3)cc2)cc1. The Bertz CT molecular complexity index is 1080. The van der Waals surface area contributed by atoms with Gasteiger partial charge in [-0.05, 0) is 48.9 Å². The van der Waals surface area contributed by atoms with Crippen LogP contribution in [0, 0.1) is 6.92 Å². The van der Waals surface area contributed by atoms with E-state index in [0.717, 1.165) is 11.1 Å². The van der Waals surface area contributed by atoms with Gasteiger partial charge in [0, 0.05) is 11.3 Å². The Labute approximate surface area is 164 Å². The van der Waals surface area contributed by atoms with Crippen LogP contribution in [0.15, 0.2) is 88.9 Å². The molecule has 28 heavy (non-hydrogen) atoms. The standard InChI is InChI=1S/C21H19N3O3S/c1-16-7-9-17(10-8-16)15-22-23-21(25)18-11-13-19(14-12-18)24-28(26,27)20-5-3-2-4-6-20/h2-15,24H,1H3,(H,23,25)/b22-15-. The average Bonchev–Trinajstić information content (AvgIpc) is 2.70. The summed E-state index contributed by atoms with van der Waals surface area (Å²) in [6.07, 6.45) is 1.56. The topological polar surface area (TPSA) is 87.6 Å². The maximum atomic E-state index is 12.3. The zero-order chi connectivity index (χ0) is 20.0. The van der Waals surface area contributed by atoms with Crippen LogP contribution >= 0.6 is 0 Å². The van der Waals surface area contributed by atoms with Gasteiger partial charge in [-0.3, -0.25) is 9.52 Å². The maximum absolute atomic E-state index is 12.3. The van der Waals surface area contributed by atoms with Gasteiger partial charge in [-0.2, -0.15) is 5.10 Å². The predicted molar refractivity (Wildman–Crippen MR) is 110 cm³/mol. The Morgan fingerprint density at radius 3 is 2.18 bits per heavy atom. The van der Waals surface area contributed by atoms with E-state index in [4.69, 9.17) is 0 Å². The molecule has 142 valence electrons. The van der Waals surface area contributed by atoms with E-state index in [1.807, 2.05) is 31.2 Å². The summed E-state index contributed by atoms with van der Waals surface area (Å²) >= 11 is 0. The van der Waals surface area contributed by atoms with Crippen molar-refractivity contribution in [3.05, 3.63) is 95.6 Å². The fraction of sp³-hybridized carbons (Fsp3) is 0.0476. The van der Waals surface area contributed by atoms with Crippen LogP contribution in [0.25, 0.3) is 0 Å². The number of hydrogen-bond donors (Lipinski definition) is 2. The van der Waals surface area contributed by atoms with Crippen molar-refractivity contribution in [1.29, 1.82) is 0 Å². The van der Waals surface area contributed by atoms with Crippen LogP contribution in [0.4, 0.5) is 5.69 Å². The van der Waals surface area contributed by atoms with Gasteiger partial charge in [0.2, 0.25) is 0 Å². The molecule has 0 aliphatic carbocycles. The molecular formula is C21H19N3O3S. The van der Waals surface area contributed by atoms with Crippen molar-refractivity contribution >= 4 is 27.8 Å². The molecule has 0 aliphatic rings. The van der Waals surface area contributed by atoms with Crippen LogP contribution in [-0.4, -0.2) is 20.5 Å². The molecule has 0 heterocycles. The summed E-state index contributed by atoms with van der Waals surface area (Å²) in [6.45, 7) is 1.99. The van der Waals surface area contributed by atoms with Crippen LogP contribution in [0.2, 0.25) is 0 Å². The number of hydrazone groups is 1. The molecule has 3 aromatic carbocycles. The van der Waals surface area contributed by atoms with Gasteiger partial charge in [0.15, 0.2) is 0 Å². The van der Waals surface area contributed by atoms with E-state index in [1.165, 1.54) is 36.4 Å². The Balaban J connectivity index is 1.62.